The van der Waals surface area contributed by atoms with Gasteiger partial charge in [0.05, 0.1) is 10.8 Å². The first kappa shape index (κ1) is 12.9. The number of thioether (sulfide) groups is 1. The molecular weight excluding hydrogens is 256 g/mol. The maximum Gasteiger partial charge on any atom is 0.236 e. The van der Waals surface area contributed by atoms with Crippen LogP contribution in [0.3, 0.4) is 0 Å². The molecule has 0 radical (unpaired) electrons. The number of benzene rings is 1. The topological polar surface area (TPSA) is 32.3 Å². The van der Waals surface area contributed by atoms with Crippen LogP contribution < -0.4 is 10.2 Å². The minimum atomic E-state index is -0.116. The van der Waals surface area contributed by atoms with Gasteiger partial charge in [-0.1, -0.05) is 18.2 Å². The van der Waals surface area contributed by atoms with Crippen LogP contribution in [0.25, 0.3) is 0 Å². The van der Waals surface area contributed by atoms with Crippen molar-refractivity contribution < 1.29 is 4.79 Å². The van der Waals surface area contributed by atoms with E-state index in [0.29, 0.717) is 0 Å². The van der Waals surface area contributed by atoms with Gasteiger partial charge in [-0.2, -0.15) is 0 Å². The molecule has 1 aliphatic heterocycles. The fraction of sp³-hybridized carbons (Fsp3) is 0.533. The Balaban J connectivity index is 1.70. The van der Waals surface area contributed by atoms with E-state index in [9.17, 15) is 4.79 Å². The van der Waals surface area contributed by atoms with Crippen molar-refractivity contribution in [2.75, 3.05) is 24.7 Å². The van der Waals surface area contributed by atoms with E-state index >= 15 is 0 Å². The number of carbonyl (C=O) groups is 1. The van der Waals surface area contributed by atoms with Crippen molar-refractivity contribution in [1.29, 1.82) is 0 Å². The highest BCUT2D eigenvalue weighted by Crippen LogP contribution is 2.47. The van der Waals surface area contributed by atoms with Crippen molar-refractivity contribution in [3.8, 4) is 0 Å². The molecule has 3 rings (SSSR count). The second kappa shape index (κ2) is 4.75. The van der Waals surface area contributed by atoms with E-state index in [-0.39, 0.29) is 16.7 Å². The highest BCUT2D eigenvalue weighted by Gasteiger charge is 2.49. The van der Waals surface area contributed by atoms with E-state index in [1.165, 1.54) is 11.3 Å². The Morgan fingerprint density at radius 2 is 2.16 bits per heavy atom. The fourth-order valence-electron chi connectivity index (χ4n) is 2.87. The Hall–Kier alpha value is -1.16. The molecular formula is C15H20N2OS. The highest BCUT2D eigenvalue weighted by atomic mass is 32.2. The molecule has 1 N–H and O–H groups in total. The van der Waals surface area contributed by atoms with Crippen LogP contribution in [0.2, 0.25) is 0 Å². The van der Waals surface area contributed by atoms with Gasteiger partial charge < -0.3 is 10.2 Å². The molecule has 4 heteroatoms. The number of hydrogen-bond acceptors (Lipinski definition) is 3. The smallest absolute Gasteiger partial charge is 0.236 e. The zero-order valence-corrected chi connectivity index (χ0v) is 12.3. The molecule has 19 heavy (non-hydrogen) atoms. The van der Waals surface area contributed by atoms with Crippen LogP contribution in [0.15, 0.2) is 24.3 Å². The van der Waals surface area contributed by atoms with Gasteiger partial charge in [0.2, 0.25) is 5.91 Å². The van der Waals surface area contributed by atoms with E-state index < -0.39 is 0 Å². The first-order valence-corrected chi connectivity index (χ1v) is 8.02. The lowest BCUT2D eigenvalue weighted by atomic mass is 9.98. The Labute approximate surface area is 118 Å². The lowest BCUT2D eigenvalue weighted by Crippen LogP contribution is -2.49. The number of nitrogens with zero attached hydrogens (tertiary/aromatic N) is 1. The summed E-state index contributed by atoms with van der Waals surface area (Å²) in [6, 6.07) is 8.68. The largest absolute Gasteiger partial charge is 0.372 e. The summed E-state index contributed by atoms with van der Waals surface area (Å²) in [5, 5.41) is 3.24. The number of nitrogens with one attached hydrogen (secondary N) is 1. The van der Waals surface area contributed by atoms with Gasteiger partial charge in [0, 0.05) is 19.3 Å². The summed E-state index contributed by atoms with van der Waals surface area (Å²) in [5.41, 5.74) is 2.62. The monoisotopic (exact) mass is 276 g/mol. The molecule has 3 nitrogen and oxygen atoms in total. The Morgan fingerprint density at radius 3 is 2.84 bits per heavy atom. The van der Waals surface area contributed by atoms with E-state index in [1.807, 2.05) is 6.26 Å². The predicted octanol–water partition coefficient (Wildman–Crippen LogP) is 2.06. The van der Waals surface area contributed by atoms with E-state index in [1.54, 1.807) is 11.8 Å². The van der Waals surface area contributed by atoms with Crippen molar-refractivity contribution in [1.82, 2.24) is 5.32 Å². The SMILES string of the molecule is CSC1(C(=O)NC2Cc3ccccc3N(C)C2)CC1. The molecule has 1 aromatic rings. The maximum atomic E-state index is 12.3. The van der Waals surface area contributed by atoms with Crippen LogP contribution in [0.1, 0.15) is 18.4 Å². The summed E-state index contributed by atoms with van der Waals surface area (Å²) in [7, 11) is 2.10. The number of amides is 1. The molecule has 1 unspecified atom stereocenters. The second-order valence-electron chi connectivity index (χ2n) is 5.58. The van der Waals surface area contributed by atoms with Gasteiger partial charge >= 0.3 is 0 Å². The molecule has 2 aliphatic rings. The molecule has 0 spiro atoms. The third-order valence-corrected chi connectivity index (χ3v) is 5.58. The molecule has 1 aromatic carbocycles. The number of para-hydroxylation sites is 1. The van der Waals surface area contributed by atoms with Crippen molar-refractivity contribution in [2.45, 2.75) is 30.1 Å². The number of anilines is 1. The van der Waals surface area contributed by atoms with Gasteiger partial charge in [-0.05, 0) is 37.1 Å². The lowest BCUT2D eigenvalue weighted by molar-refractivity contribution is -0.121. The molecule has 1 saturated carbocycles. The summed E-state index contributed by atoms with van der Waals surface area (Å²) in [4.78, 5) is 14.5. The summed E-state index contributed by atoms with van der Waals surface area (Å²) >= 11 is 1.70. The van der Waals surface area contributed by atoms with Crippen molar-refractivity contribution in [2.24, 2.45) is 0 Å². The van der Waals surface area contributed by atoms with Crippen molar-refractivity contribution >= 4 is 23.4 Å². The Morgan fingerprint density at radius 1 is 1.42 bits per heavy atom. The standard InChI is InChI=1S/C15H20N2OS/c1-17-10-12(9-11-5-3-4-6-13(11)17)16-14(18)15(19-2)7-8-15/h3-6,12H,7-10H2,1-2H3,(H,16,18). The quantitative estimate of drug-likeness (QED) is 0.917. The number of rotatable bonds is 3. The number of likely N-dealkylation sites (N-methyl/N-ethyl adjacent to an activating group) is 1. The second-order valence-corrected chi connectivity index (χ2v) is 6.77. The summed E-state index contributed by atoms with van der Waals surface area (Å²) in [5.74, 6) is 0.234. The normalized spacial score (nSPS) is 23.7. The van der Waals surface area contributed by atoms with E-state index in [4.69, 9.17) is 0 Å². The number of carbonyl (C=O) groups excluding carboxylic acids is 1. The molecule has 0 aromatic heterocycles. The zero-order chi connectivity index (χ0) is 13.5. The summed E-state index contributed by atoms with van der Waals surface area (Å²) in [6.45, 7) is 0.896. The zero-order valence-electron chi connectivity index (χ0n) is 11.5. The highest BCUT2D eigenvalue weighted by molar-refractivity contribution is 8.01. The molecule has 1 atom stereocenters. The first-order valence-electron chi connectivity index (χ1n) is 6.80. The fourth-order valence-corrected chi connectivity index (χ4v) is 3.62. The van der Waals surface area contributed by atoms with Crippen LogP contribution in [-0.4, -0.2) is 36.5 Å². The van der Waals surface area contributed by atoms with Crippen molar-refractivity contribution in [3.63, 3.8) is 0 Å². The molecule has 0 bridgehead atoms. The van der Waals surface area contributed by atoms with Crippen LogP contribution in [-0.2, 0) is 11.2 Å². The molecule has 1 fully saturated rings. The van der Waals surface area contributed by atoms with Crippen LogP contribution >= 0.6 is 11.8 Å². The average Bonchev–Trinajstić information content (AvgIpc) is 3.20. The van der Waals surface area contributed by atoms with Gasteiger partial charge in [-0.15, -0.1) is 11.8 Å². The van der Waals surface area contributed by atoms with Gasteiger partial charge in [0.1, 0.15) is 0 Å². The molecule has 1 amide bonds. The molecule has 102 valence electrons. The van der Waals surface area contributed by atoms with Gasteiger partial charge in [0.25, 0.3) is 0 Å². The minimum absolute atomic E-state index is 0.116. The van der Waals surface area contributed by atoms with E-state index in [0.717, 1.165) is 25.8 Å². The molecule has 1 heterocycles. The summed E-state index contributed by atoms with van der Waals surface area (Å²) < 4.78 is -0.116. The average molecular weight is 276 g/mol. The summed E-state index contributed by atoms with van der Waals surface area (Å²) in [6.07, 6.45) is 5.03. The Kier molecular flexibility index (Phi) is 3.21. The van der Waals surface area contributed by atoms with Gasteiger partial charge in [-0.3, -0.25) is 4.79 Å². The lowest BCUT2D eigenvalue weighted by Gasteiger charge is -2.34. The number of hydrogen-bond donors (Lipinski definition) is 1. The molecule has 0 saturated heterocycles. The van der Waals surface area contributed by atoms with Crippen LogP contribution in [0, 0.1) is 0 Å². The third kappa shape index (κ3) is 2.34. The van der Waals surface area contributed by atoms with Gasteiger partial charge in [-0.25, -0.2) is 0 Å². The molecule has 1 aliphatic carbocycles. The van der Waals surface area contributed by atoms with Crippen LogP contribution in [0.4, 0.5) is 5.69 Å². The number of fused-ring (bicyclic) bond motifs is 1. The van der Waals surface area contributed by atoms with Crippen LogP contribution in [0.5, 0.6) is 0 Å². The maximum absolute atomic E-state index is 12.3. The Bertz CT molecular complexity index is 499. The minimum Gasteiger partial charge on any atom is -0.372 e. The van der Waals surface area contributed by atoms with Gasteiger partial charge in [0.15, 0.2) is 0 Å². The van der Waals surface area contributed by atoms with E-state index in [2.05, 4.69) is 41.5 Å². The third-order valence-electron chi connectivity index (χ3n) is 4.21. The predicted molar refractivity (Wildman–Crippen MR) is 80.8 cm³/mol. The van der Waals surface area contributed by atoms with Crippen molar-refractivity contribution in [3.05, 3.63) is 29.8 Å². The first-order chi connectivity index (χ1) is 9.14.